The standard InChI is InChI=1S/C15H27N3/c1-3-14(9-7-5-4-6-8-10-16)15-11-17-13(2)18-12-15/h11-12,14H,3-10,16H2,1-2H3. The monoisotopic (exact) mass is 249 g/mol. The zero-order valence-corrected chi connectivity index (χ0v) is 11.9. The van der Waals surface area contributed by atoms with Crippen LogP contribution in [0.5, 0.6) is 0 Å². The molecule has 0 aliphatic carbocycles. The third-order valence-corrected chi connectivity index (χ3v) is 3.52. The van der Waals surface area contributed by atoms with E-state index in [4.69, 9.17) is 5.73 Å². The lowest BCUT2D eigenvalue weighted by Crippen LogP contribution is -2.01. The largest absolute Gasteiger partial charge is 0.330 e. The van der Waals surface area contributed by atoms with Crippen molar-refractivity contribution in [2.45, 2.75) is 64.7 Å². The van der Waals surface area contributed by atoms with Gasteiger partial charge in [0.15, 0.2) is 0 Å². The van der Waals surface area contributed by atoms with Crippen molar-refractivity contribution in [1.29, 1.82) is 0 Å². The quantitative estimate of drug-likeness (QED) is 0.681. The smallest absolute Gasteiger partial charge is 0.125 e. The van der Waals surface area contributed by atoms with Crippen LogP contribution in [0.2, 0.25) is 0 Å². The summed E-state index contributed by atoms with van der Waals surface area (Å²) in [6.45, 7) is 5.01. The van der Waals surface area contributed by atoms with E-state index in [1.54, 1.807) is 0 Å². The highest BCUT2D eigenvalue weighted by Gasteiger charge is 2.09. The molecule has 0 radical (unpaired) electrons. The van der Waals surface area contributed by atoms with E-state index in [9.17, 15) is 0 Å². The van der Waals surface area contributed by atoms with Gasteiger partial charge < -0.3 is 5.73 Å². The molecule has 0 aliphatic heterocycles. The highest BCUT2D eigenvalue weighted by atomic mass is 14.8. The van der Waals surface area contributed by atoms with Crippen LogP contribution >= 0.6 is 0 Å². The summed E-state index contributed by atoms with van der Waals surface area (Å²) in [5.74, 6) is 1.48. The molecule has 1 heterocycles. The van der Waals surface area contributed by atoms with E-state index >= 15 is 0 Å². The molecule has 3 nitrogen and oxygen atoms in total. The first-order valence-electron chi connectivity index (χ1n) is 7.26. The molecule has 1 aromatic rings. The van der Waals surface area contributed by atoms with E-state index in [0.29, 0.717) is 5.92 Å². The van der Waals surface area contributed by atoms with Gasteiger partial charge in [-0.25, -0.2) is 9.97 Å². The third-order valence-electron chi connectivity index (χ3n) is 3.52. The van der Waals surface area contributed by atoms with Gasteiger partial charge in [-0.15, -0.1) is 0 Å². The lowest BCUT2D eigenvalue weighted by molar-refractivity contribution is 0.530. The SMILES string of the molecule is CCC(CCCCCCCN)c1cnc(C)nc1. The maximum Gasteiger partial charge on any atom is 0.125 e. The summed E-state index contributed by atoms with van der Waals surface area (Å²) in [5, 5.41) is 0. The first-order valence-corrected chi connectivity index (χ1v) is 7.26. The average Bonchev–Trinajstić information content (AvgIpc) is 2.39. The molecule has 0 aliphatic rings. The van der Waals surface area contributed by atoms with Crippen molar-refractivity contribution < 1.29 is 0 Å². The van der Waals surface area contributed by atoms with Crippen molar-refractivity contribution in [3.05, 3.63) is 23.8 Å². The van der Waals surface area contributed by atoms with Crippen LogP contribution in [0.1, 0.15) is 69.2 Å². The molecule has 102 valence electrons. The normalized spacial score (nSPS) is 12.6. The zero-order valence-electron chi connectivity index (χ0n) is 11.9. The minimum absolute atomic E-state index is 0.625. The Morgan fingerprint density at radius 1 is 1.06 bits per heavy atom. The molecule has 2 N–H and O–H groups in total. The summed E-state index contributed by atoms with van der Waals surface area (Å²) in [6.07, 6.45) is 12.8. The van der Waals surface area contributed by atoms with Crippen LogP contribution in [0, 0.1) is 6.92 Å². The van der Waals surface area contributed by atoms with E-state index in [1.165, 1.54) is 50.5 Å². The Labute approximate surface area is 111 Å². The van der Waals surface area contributed by atoms with Crippen LogP contribution in [-0.4, -0.2) is 16.5 Å². The van der Waals surface area contributed by atoms with Crippen LogP contribution in [-0.2, 0) is 0 Å². The van der Waals surface area contributed by atoms with Gasteiger partial charge in [-0.2, -0.15) is 0 Å². The number of hydrogen-bond donors (Lipinski definition) is 1. The van der Waals surface area contributed by atoms with Gasteiger partial charge in [0.2, 0.25) is 0 Å². The first kappa shape index (κ1) is 15.1. The van der Waals surface area contributed by atoms with Gasteiger partial charge >= 0.3 is 0 Å². The summed E-state index contributed by atoms with van der Waals surface area (Å²) in [6, 6.07) is 0. The molecule has 0 aromatic carbocycles. The minimum Gasteiger partial charge on any atom is -0.330 e. The van der Waals surface area contributed by atoms with Crippen LogP contribution in [0.4, 0.5) is 0 Å². The first-order chi connectivity index (χ1) is 8.77. The van der Waals surface area contributed by atoms with Crippen LogP contribution in [0.25, 0.3) is 0 Å². The van der Waals surface area contributed by atoms with Gasteiger partial charge in [0.05, 0.1) is 0 Å². The van der Waals surface area contributed by atoms with Crippen LogP contribution < -0.4 is 5.73 Å². The molecule has 1 unspecified atom stereocenters. The van der Waals surface area contributed by atoms with Gasteiger partial charge in [0, 0.05) is 12.4 Å². The lowest BCUT2D eigenvalue weighted by atomic mass is 9.92. The average molecular weight is 249 g/mol. The fraction of sp³-hybridized carbons (Fsp3) is 0.733. The second kappa shape index (κ2) is 9.03. The van der Waals surface area contributed by atoms with Crippen LogP contribution in [0.3, 0.4) is 0 Å². The van der Waals surface area contributed by atoms with Gasteiger partial charge in [0.25, 0.3) is 0 Å². The molecular weight excluding hydrogens is 222 g/mol. The number of hydrogen-bond acceptors (Lipinski definition) is 3. The number of nitrogens with two attached hydrogens (primary N) is 1. The minimum atomic E-state index is 0.625. The second-order valence-corrected chi connectivity index (χ2v) is 5.01. The van der Waals surface area contributed by atoms with Gasteiger partial charge in [-0.3, -0.25) is 0 Å². The highest BCUT2D eigenvalue weighted by molar-refractivity contribution is 5.11. The summed E-state index contributed by atoms with van der Waals surface area (Å²) in [4.78, 5) is 8.58. The number of rotatable bonds is 9. The second-order valence-electron chi connectivity index (χ2n) is 5.01. The predicted octanol–water partition coefficient (Wildman–Crippen LogP) is 3.58. The predicted molar refractivity (Wildman–Crippen MR) is 76.6 cm³/mol. The van der Waals surface area contributed by atoms with Gasteiger partial charge in [0.1, 0.15) is 5.82 Å². The Balaban J connectivity index is 2.27. The van der Waals surface area contributed by atoms with Gasteiger partial charge in [-0.1, -0.05) is 32.6 Å². The molecule has 3 heteroatoms. The molecule has 1 rings (SSSR count). The number of unbranched alkanes of at least 4 members (excludes halogenated alkanes) is 4. The van der Waals surface area contributed by atoms with E-state index < -0.39 is 0 Å². The Morgan fingerprint density at radius 3 is 2.28 bits per heavy atom. The molecule has 1 aromatic heterocycles. The molecular formula is C15H27N3. The van der Waals surface area contributed by atoms with E-state index in [2.05, 4.69) is 16.9 Å². The molecule has 0 saturated heterocycles. The Kier molecular flexibility index (Phi) is 7.58. The van der Waals surface area contributed by atoms with E-state index in [1.807, 2.05) is 19.3 Å². The summed E-state index contributed by atoms with van der Waals surface area (Å²) in [5.41, 5.74) is 6.78. The summed E-state index contributed by atoms with van der Waals surface area (Å²) in [7, 11) is 0. The Bertz CT molecular complexity index is 308. The van der Waals surface area contributed by atoms with Crippen molar-refractivity contribution in [2.24, 2.45) is 5.73 Å². The van der Waals surface area contributed by atoms with Crippen LogP contribution in [0.15, 0.2) is 12.4 Å². The van der Waals surface area contributed by atoms with Crippen molar-refractivity contribution >= 4 is 0 Å². The number of aromatic nitrogens is 2. The molecule has 0 amide bonds. The maximum atomic E-state index is 5.49. The Hall–Kier alpha value is -0.960. The fourth-order valence-electron chi connectivity index (χ4n) is 2.29. The summed E-state index contributed by atoms with van der Waals surface area (Å²) < 4.78 is 0. The Morgan fingerprint density at radius 2 is 1.67 bits per heavy atom. The molecule has 0 fully saturated rings. The van der Waals surface area contributed by atoms with E-state index in [0.717, 1.165) is 12.4 Å². The fourth-order valence-corrected chi connectivity index (χ4v) is 2.29. The molecule has 1 atom stereocenters. The topological polar surface area (TPSA) is 51.8 Å². The number of nitrogens with zero attached hydrogens (tertiary/aromatic N) is 2. The lowest BCUT2D eigenvalue weighted by Gasteiger charge is -2.14. The summed E-state index contributed by atoms with van der Waals surface area (Å²) >= 11 is 0. The number of aryl methyl sites for hydroxylation is 1. The molecule has 0 bridgehead atoms. The maximum absolute atomic E-state index is 5.49. The van der Waals surface area contributed by atoms with Crippen molar-refractivity contribution in [1.82, 2.24) is 9.97 Å². The molecule has 18 heavy (non-hydrogen) atoms. The highest BCUT2D eigenvalue weighted by Crippen LogP contribution is 2.24. The van der Waals surface area contributed by atoms with Crippen molar-refractivity contribution in [2.75, 3.05) is 6.54 Å². The zero-order chi connectivity index (χ0) is 13.2. The van der Waals surface area contributed by atoms with Gasteiger partial charge in [-0.05, 0) is 44.2 Å². The van der Waals surface area contributed by atoms with Crippen molar-refractivity contribution in [3.8, 4) is 0 Å². The third kappa shape index (κ3) is 5.58. The van der Waals surface area contributed by atoms with E-state index in [-0.39, 0.29) is 0 Å². The van der Waals surface area contributed by atoms with Crippen molar-refractivity contribution in [3.63, 3.8) is 0 Å². The molecule has 0 saturated carbocycles. The molecule has 0 spiro atoms.